The molecule has 0 fully saturated rings. The number of aryl methyl sites for hydroxylation is 2. The first kappa shape index (κ1) is 14.8. The van der Waals surface area contributed by atoms with E-state index in [2.05, 4.69) is 0 Å². The van der Waals surface area contributed by atoms with E-state index in [1.165, 1.54) is 6.92 Å². The highest BCUT2D eigenvalue weighted by atomic mass is 19.4. The fourth-order valence-electron chi connectivity index (χ4n) is 1.51. The summed E-state index contributed by atoms with van der Waals surface area (Å²) in [5, 5.41) is 8.53. The van der Waals surface area contributed by atoms with Gasteiger partial charge < -0.3 is 5.11 Å². The van der Waals surface area contributed by atoms with Crippen LogP contribution in [-0.2, 0) is 19.5 Å². The minimum Gasteiger partial charge on any atom is -0.350 e. The molecule has 1 rings (SSSR count). The highest BCUT2D eigenvalue weighted by Gasteiger charge is 2.75. The standard InChI is InChI=1S/C9H11F6N2O/c1-3-17-5-4-16(2)6(17)7(10,11)8(12,18)9(13,14)15/h4-5,18H,3H2,1-2H3/q+1. The highest BCUT2D eigenvalue weighted by molar-refractivity contribution is 5.03. The maximum atomic E-state index is 13.6. The lowest BCUT2D eigenvalue weighted by Gasteiger charge is -2.27. The number of halogens is 6. The van der Waals surface area contributed by atoms with Crippen molar-refractivity contribution in [3.8, 4) is 0 Å². The monoisotopic (exact) mass is 277 g/mol. The molecule has 104 valence electrons. The molecule has 1 aromatic rings. The number of hydrogen-bond donors (Lipinski definition) is 1. The molecule has 0 aliphatic heterocycles. The third-order valence-corrected chi connectivity index (χ3v) is 2.49. The maximum Gasteiger partial charge on any atom is 0.455 e. The molecule has 0 aliphatic carbocycles. The van der Waals surface area contributed by atoms with E-state index in [0.717, 1.165) is 24.0 Å². The lowest BCUT2D eigenvalue weighted by Crippen LogP contribution is -2.58. The fourth-order valence-corrected chi connectivity index (χ4v) is 1.51. The number of hydrogen-bond acceptors (Lipinski definition) is 1. The van der Waals surface area contributed by atoms with Gasteiger partial charge in [-0.3, -0.25) is 0 Å². The Labute approximate surface area is 98.3 Å². The second-order valence-electron chi connectivity index (χ2n) is 3.71. The molecule has 0 bridgehead atoms. The third kappa shape index (κ3) is 1.96. The van der Waals surface area contributed by atoms with E-state index in [1.807, 2.05) is 0 Å². The van der Waals surface area contributed by atoms with Gasteiger partial charge in [0, 0.05) is 0 Å². The van der Waals surface area contributed by atoms with Gasteiger partial charge in [-0.05, 0) is 6.92 Å². The summed E-state index contributed by atoms with van der Waals surface area (Å²) < 4.78 is 78.1. The molecule has 0 aromatic carbocycles. The molecular formula is C9H11F6N2O+. The van der Waals surface area contributed by atoms with Crippen molar-refractivity contribution >= 4 is 0 Å². The van der Waals surface area contributed by atoms with Crippen LogP contribution in [0.5, 0.6) is 0 Å². The Kier molecular flexibility index (Phi) is 3.41. The number of alkyl halides is 6. The Morgan fingerprint density at radius 2 is 1.72 bits per heavy atom. The minimum atomic E-state index is -6.10. The molecule has 1 aromatic heterocycles. The van der Waals surface area contributed by atoms with Crippen molar-refractivity contribution in [2.45, 2.75) is 31.4 Å². The Morgan fingerprint density at radius 3 is 2.11 bits per heavy atom. The summed E-state index contributed by atoms with van der Waals surface area (Å²) in [5.74, 6) is -12.0. The van der Waals surface area contributed by atoms with Crippen LogP contribution in [0.4, 0.5) is 26.3 Å². The second-order valence-corrected chi connectivity index (χ2v) is 3.71. The first-order valence-electron chi connectivity index (χ1n) is 4.87. The fraction of sp³-hybridized carbons (Fsp3) is 0.667. The van der Waals surface area contributed by atoms with E-state index in [9.17, 15) is 26.3 Å². The summed E-state index contributed by atoms with van der Waals surface area (Å²) in [6.07, 6.45) is -4.00. The van der Waals surface area contributed by atoms with Crippen molar-refractivity contribution in [1.29, 1.82) is 0 Å². The SMILES string of the molecule is CCn1cc[n+](C)c1C(F)(F)C(O)(F)C(F)(F)F. The van der Waals surface area contributed by atoms with Gasteiger partial charge in [0.2, 0.25) is 0 Å². The molecule has 0 aliphatic rings. The Hall–Kier alpha value is -1.25. The molecule has 1 atom stereocenters. The third-order valence-electron chi connectivity index (χ3n) is 2.49. The molecule has 1 unspecified atom stereocenters. The quantitative estimate of drug-likeness (QED) is 0.660. The van der Waals surface area contributed by atoms with E-state index in [1.54, 1.807) is 0 Å². The molecule has 0 radical (unpaired) electrons. The molecular weight excluding hydrogens is 266 g/mol. The van der Waals surface area contributed by atoms with Crippen LogP contribution >= 0.6 is 0 Å². The predicted molar refractivity (Wildman–Crippen MR) is 47.3 cm³/mol. The first-order chi connectivity index (χ1) is 7.96. The zero-order valence-corrected chi connectivity index (χ0v) is 9.47. The van der Waals surface area contributed by atoms with E-state index in [0.29, 0.717) is 4.57 Å². The maximum absolute atomic E-state index is 13.6. The van der Waals surface area contributed by atoms with Gasteiger partial charge in [0.1, 0.15) is 12.4 Å². The van der Waals surface area contributed by atoms with Gasteiger partial charge in [0.05, 0.1) is 13.6 Å². The smallest absolute Gasteiger partial charge is 0.350 e. The number of rotatable bonds is 3. The van der Waals surface area contributed by atoms with Crippen molar-refractivity contribution in [2.75, 3.05) is 0 Å². The van der Waals surface area contributed by atoms with E-state index in [4.69, 9.17) is 5.11 Å². The van der Waals surface area contributed by atoms with Crippen LogP contribution in [0.3, 0.4) is 0 Å². The minimum absolute atomic E-state index is 0.0975. The van der Waals surface area contributed by atoms with E-state index >= 15 is 0 Å². The summed E-state index contributed by atoms with van der Waals surface area (Å²) in [5.41, 5.74) is 0. The Morgan fingerprint density at radius 1 is 1.22 bits per heavy atom. The molecule has 0 saturated heterocycles. The molecule has 3 nitrogen and oxygen atoms in total. The van der Waals surface area contributed by atoms with E-state index < -0.39 is 23.8 Å². The van der Waals surface area contributed by atoms with Gasteiger partial charge in [0.25, 0.3) is 0 Å². The van der Waals surface area contributed by atoms with Gasteiger partial charge >= 0.3 is 23.8 Å². The second kappa shape index (κ2) is 4.15. The van der Waals surface area contributed by atoms with Crippen LogP contribution in [0, 0.1) is 0 Å². The average Bonchev–Trinajstić information content (AvgIpc) is 2.57. The summed E-state index contributed by atoms with van der Waals surface area (Å²) in [6, 6.07) is 0. The van der Waals surface area contributed by atoms with Gasteiger partial charge in [-0.2, -0.15) is 26.3 Å². The van der Waals surface area contributed by atoms with Gasteiger partial charge in [-0.1, -0.05) is 0 Å². The predicted octanol–water partition coefficient (Wildman–Crippen LogP) is 1.64. The number of aromatic nitrogens is 2. The Bertz CT molecular complexity index is 437. The summed E-state index contributed by atoms with van der Waals surface area (Å²) in [6.45, 7) is 1.30. The zero-order chi connectivity index (χ0) is 14.4. The van der Waals surface area contributed by atoms with Crippen molar-refractivity contribution in [3.05, 3.63) is 18.2 Å². The van der Waals surface area contributed by atoms with Gasteiger partial charge in [0.15, 0.2) is 0 Å². The number of imidazole rings is 1. The van der Waals surface area contributed by atoms with Crippen LogP contribution in [-0.4, -0.2) is 21.7 Å². The topological polar surface area (TPSA) is 29.0 Å². The van der Waals surface area contributed by atoms with Crippen molar-refractivity contribution < 1.29 is 36.0 Å². The van der Waals surface area contributed by atoms with Crippen molar-refractivity contribution in [2.24, 2.45) is 7.05 Å². The summed E-state index contributed by atoms with van der Waals surface area (Å²) in [4.78, 5) is 0. The van der Waals surface area contributed by atoms with Crippen LogP contribution in [0.25, 0.3) is 0 Å². The highest BCUT2D eigenvalue weighted by Crippen LogP contribution is 2.48. The zero-order valence-electron chi connectivity index (χ0n) is 9.47. The molecule has 0 spiro atoms. The van der Waals surface area contributed by atoms with Gasteiger partial charge in [-0.15, -0.1) is 0 Å². The van der Waals surface area contributed by atoms with Crippen LogP contribution in [0.1, 0.15) is 12.7 Å². The van der Waals surface area contributed by atoms with Gasteiger partial charge in [-0.25, -0.2) is 9.13 Å². The molecule has 1 N–H and O–H groups in total. The van der Waals surface area contributed by atoms with Crippen LogP contribution in [0.2, 0.25) is 0 Å². The number of nitrogens with zero attached hydrogens (tertiary/aromatic N) is 2. The lowest BCUT2D eigenvalue weighted by atomic mass is 10.1. The molecule has 18 heavy (non-hydrogen) atoms. The number of aliphatic hydroxyl groups is 1. The van der Waals surface area contributed by atoms with Crippen molar-refractivity contribution in [3.63, 3.8) is 0 Å². The molecule has 9 heteroatoms. The van der Waals surface area contributed by atoms with Crippen molar-refractivity contribution in [1.82, 2.24) is 4.57 Å². The molecule has 1 heterocycles. The summed E-state index contributed by atoms with van der Waals surface area (Å²) in [7, 11) is 1.03. The molecule has 0 amide bonds. The summed E-state index contributed by atoms with van der Waals surface area (Å²) >= 11 is 0. The van der Waals surface area contributed by atoms with Crippen LogP contribution < -0.4 is 4.57 Å². The Balaban J connectivity index is 3.42. The average molecular weight is 277 g/mol. The lowest BCUT2D eigenvalue weighted by molar-refractivity contribution is -0.692. The normalized spacial score (nSPS) is 16.7. The largest absolute Gasteiger partial charge is 0.455 e. The van der Waals surface area contributed by atoms with E-state index in [-0.39, 0.29) is 6.54 Å². The first-order valence-corrected chi connectivity index (χ1v) is 4.87. The molecule has 0 saturated carbocycles. The van der Waals surface area contributed by atoms with Crippen LogP contribution in [0.15, 0.2) is 12.4 Å².